The molecule has 15 heteroatoms. The van der Waals surface area contributed by atoms with Gasteiger partial charge in [0, 0.05) is 52.4 Å². The van der Waals surface area contributed by atoms with Gasteiger partial charge in [-0.25, -0.2) is 39.8 Å². The number of piperazine rings is 2. The number of ether oxygens (including phenoxy) is 2. The van der Waals surface area contributed by atoms with Gasteiger partial charge in [-0.1, -0.05) is 24.3 Å². The van der Waals surface area contributed by atoms with E-state index in [4.69, 9.17) is 16.0 Å². The zero-order chi connectivity index (χ0) is 39.7. The lowest BCUT2D eigenvalue weighted by Gasteiger charge is -2.35. The number of benzene rings is 2. The Bertz CT molecular complexity index is 1890. The molecule has 0 radical (unpaired) electrons. The number of hydrogen-bond acceptors (Lipinski definition) is 9. The second-order valence-corrected chi connectivity index (χ2v) is 14.6. The first kappa shape index (κ1) is 41.0. The SMILES string of the molecule is COC(=O)C(c1cncn1[C@H](C)c1ccc(F)cc1)N1CCNCC1.[C-]#[N+]C(c1cncn1[C@H](C)c1ccc(F)cc1)N1CCN(C(=O)OC(C)(C)C)CC1. The van der Waals surface area contributed by atoms with Crippen molar-refractivity contribution in [2.24, 2.45) is 0 Å². The average molecular weight is 760 g/mol. The number of halogens is 2. The van der Waals surface area contributed by atoms with Crippen molar-refractivity contribution in [3.8, 4) is 0 Å². The number of hydrogen-bond donors (Lipinski definition) is 1. The van der Waals surface area contributed by atoms with E-state index in [1.54, 1.807) is 54.2 Å². The van der Waals surface area contributed by atoms with E-state index in [0.29, 0.717) is 26.2 Å². The molecular formula is C40H51F2N9O4. The number of methoxy groups -OCH3 is 1. The highest BCUT2D eigenvalue weighted by atomic mass is 19.1. The Labute approximate surface area is 321 Å². The van der Waals surface area contributed by atoms with Crippen molar-refractivity contribution in [3.05, 3.63) is 119 Å². The maximum atomic E-state index is 13.3. The topological polar surface area (TPSA) is 114 Å². The highest BCUT2D eigenvalue weighted by Crippen LogP contribution is 2.30. The third kappa shape index (κ3) is 10.3. The maximum absolute atomic E-state index is 13.3. The van der Waals surface area contributed by atoms with Gasteiger partial charge in [0.05, 0.1) is 49.9 Å². The Hall–Kier alpha value is -5.17. The number of amides is 1. The first-order valence-corrected chi connectivity index (χ1v) is 18.5. The molecule has 55 heavy (non-hydrogen) atoms. The number of imidazole rings is 2. The van der Waals surface area contributed by atoms with Gasteiger partial charge in [0.25, 0.3) is 0 Å². The van der Waals surface area contributed by atoms with Crippen LogP contribution in [0.1, 0.15) is 81.4 Å². The van der Waals surface area contributed by atoms with E-state index in [-0.39, 0.29) is 35.8 Å². The third-order valence-electron chi connectivity index (χ3n) is 9.85. The van der Waals surface area contributed by atoms with Crippen molar-refractivity contribution in [3.63, 3.8) is 0 Å². The van der Waals surface area contributed by atoms with Crippen LogP contribution in [0, 0.1) is 18.2 Å². The van der Waals surface area contributed by atoms with Gasteiger partial charge >= 0.3 is 18.2 Å². The fraction of sp³-hybridized carbons (Fsp3) is 0.475. The summed E-state index contributed by atoms with van der Waals surface area (Å²) in [6, 6.07) is 12.1. The van der Waals surface area contributed by atoms with Crippen LogP contribution in [-0.4, -0.2) is 111 Å². The van der Waals surface area contributed by atoms with E-state index in [1.165, 1.54) is 31.4 Å². The number of aromatic nitrogens is 4. The summed E-state index contributed by atoms with van der Waals surface area (Å²) < 4.78 is 40.9. The van der Waals surface area contributed by atoms with Crippen molar-refractivity contribution in [2.45, 2.75) is 64.5 Å². The largest absolute Gasteiger partial charge is 0.468 e. The lowest BCUT2D eigenvalue weighted by molar-refractivity contribution is -0.147. The fourth-order valence-corrected chi connectivity index (χ4v) is 6.81. The zero-order valence-corrected chi connectivity index (χ0v) is 32.4. The van der Waals surface area contributed by atoms with Crippen molar-refractivity contribution in [1.29, 1.82) is 0 Å². The van der Waals surface area contributed by atoms with Gasteiger partial charge in [-0.3, -0.25) is 9.74 Å². The molecule has 4 atom stereocenters. The lowest BCUT2D eigenvalue weighted by atomic mass is 10.1. The molecule has 294 valence electrons. The third-order valence-corrected chi connectivity index (χ3v) is 9.85. The van der Waals surface area contributed by atoms with Crippen LogP contribution in [0.2, 0.25) is 0 Å². The molecule has 4 aromatic rings. The smallest absolute Gasteiger partial charge is 0.410 e. The number of carbonyl (C=O) groups is 2. The summed E-state index contributed by atoms with van der Waals surface area (Å²) in [5.41, 5.74) is 2.92. The van der Waals surface area contributed by atoms with Crippen LogP contribution < -0.4 is 5.32 Å². The minimum absolute atomic E-state index is 0.0758. The lowest BCUT2D eigenvalue weighted by Crippen LogP contribution is -2.50. The van der Waals surface area contributed by atoms with E-state index < -0.39 is 17.8 Å². The molecule has 1 N–H and O–H groups in total. The Balaban J connectivity index is 0.000000214. The van der Waals surface area contributed by atoms with Gasteiger partial charge in [0.1, 0.15) is 22.9 Å². The van der Waals surface area contributed by atoms with E-state index in [9.17, 15) is 18.4 Å². The number of nitrogens with zero attached hydrogens (tertiary/aromatic N) is 8. The van der Waals surface area contributed by atoms with E-state index in [0.717, 1.165) is 48.7 Å². The quantitative estimate of drug-likeness (QED) is 0.166. The van der Waals surface area contributed by atoms with Crippen LogP contribution in [0.4, 0.5) is 13.6 Å². The van der Waals surface area contributed by atoms with Gasteiger partial charge in [0.2, 0.25) is 0 Å². The van der Waals surface area contributed by atoms with Crippen LogP contribution in [0.3, 0.4) is 0 Å². The predicted molar refractivity (Wildman–Crippen MR) is 203 cm³/mol. The Kier molecular flexibility index (Phi) is 13.7. The van der Waals surface area contributed by atoms with Gasteiger partial charge in [-0.15, -0.1) is 0 Å². The standard InChI is InChI=1S/C22H28FN5O2.C18H23FN4O2/c1-16(17-6-8-18(23)9-7-17)28-15-25-14-19(28)20(24-5)26-10-12-27(13-11-26)21(29)30-22(2,3)4;1-13(14-3-5-15(19)6-4-14)23-12-21-11-16(23)17(18(24)25-2)22-9-7-20-8-10-22/h6-9,14-16,20H,10-13H2,1-4H3;3-6,11-13,17,20H,7-10H2,1-2H3/t16-,20?;13-,17?/m11/s1. The maximum Gasteiger partial charge on any atom is 0.410 e. The zero-order valence-electron chi connectivity index (χ0n) is 32.4. The Morgan fingerprint density at radius 1 is 0.782 bits per heavy atom. The summed E-state index contributed by atoms with van der Waals surface area (Å²) in [6.45, 7) is 22.7. The van der Waals surface area contributed by atoms with Gasteiger partial charge < -0.3 is 28.8 Å². The molecule has 0 spiro atoms. The second kappa shape index (κ2) is 18.4. The predicted octanol–water partition coefficient (Wildman–Crippen LogP) is 5.85. The first-order chi connectivity index (χ1) is 26.3. The first-order valence-electron chi connectivity index (χ1n) is 18.5. The van der Waals surface area contributed by atoms with Gasteiger partial charge in [-0.05, 0) is 70.0 Å². The van der Waals surface area contributed by atoms with Crippen molar-refractivity contribution in [1.82, 2.24) is 39.1 Å². The van der Waals surface area contributed by atoms with Crippen LogP contribution in [-0.2, 0) is 14.3 Å². The number of carbonyl (C=O) groups excluding carboxylic acids is 2. The summed E-state index contributed by atoms with van der Waals surface area (Å²) in [7, 11) is 1.40. The minimum Gasteiger partial charge on any atom is -0.468 e. The van der Waals surface area contributed by atoms with E-state index in [1.807, 2.05) is 43.8 Å². The van der Waals surface area contributed by atoms with E-state index >= 15 is 0 Å². The molecule has 2 unspecified atom stereocenters. The Morgan fingerprint density at radius 3 is 1.75 bits per heavy atom. The minimum atomic E-state index is -0.531. The summed E-state index contributed by atoms with van der Waals surface area (Å²) in [4.78, 5) is 43.0. The molecule has 0 aliphatic carbocycles. The average Bonchev–Trinajstić information content (AvgIpc) is 3.86. The molecule has 4 heterocycles. The monoisotopic (exact) mass is 759 g/mol. The van der Waals surface area contributed by atoms with Crippen molar-refractivity contribution >= 4 is 12.1 Å². The van der Waals surface area contributed by atoms with E-state index in [2.05, 4.69) is 29.9 Å². The summed E-state index contributed by atoms with van der Waals surface area (Å²) in [5.74, 6) is -0.844. The molecule has 2 aliphatic heterocycles. The molecule has 1 amide bonds. The molecule has 2 saturated heterocycles. The van der Waals surface area contributed by atoms with Crippen LogP contribution in [0.15, 0.2) is 73.6 Å². The summed E-state index contributed by atoms with van der Waals surface area (Å²) >= 11 is 0. The van der Waals surface area contributed by atoms with Gasteiger partial charge in [-0.2, -0.15) is 0 Å². The number of nitrogens with one attached hydrogen (secondary N) is 1. The van der Waals surface area contributed by atoms with Crippen LogP contribution >= 0.6 is 0 Å². The molecule has 2 fully saturated rings. The number of rotatable bonds is 9. The molecule has 13 nitrogen and oxygen atoms in total. The van der Waals surface area contributed by atoms with Crippen molar-refractivity contribution < 1.29 is 27.8 Å². The normalized spacial score (nSPS) is 17.5. The molecule has 6 rings (SSSR count). The van der Waals surface area contributed by atoms with Crippen molar-refractivity contribution in [2.75, 3.05) is 59.5 Å². The van der Waals surface area contributed by atoms with Crippen LogP contribution in [0.5, 0.6) is 0 Å². The molecule has 2 aromatic heterocycles. The molecule has 0 saturated carbocycles. The molecule has 2 aliphatic rings. The van der Waals surface area contributed by atoms with Crippen LogP contribution in [0.25, 0.3) is 4.85 Å². The van der Waals surface area contributed by atoms with Gasteiger partial charge in [0.15, 0.2) is 6.04 Å². The molecule has 2 aromatic carbocycles. The Morgan fingerprint density at radius 2 is 1.27 bits per heavy atom. The highest BCUT2D eigenvalue weighted by molar-refractivity contribution is 5.77. The highest BCUT2D eigenvalue weighted by Gasteiger charge is 2.35. The fourth-order valence-electron chi connectivity index (χ4n) is 6.81. The molecular weight excluding hydrogens is 708 g/mol. The second-order valence-electron chi connectivity index (χ2n) is 14.6. The summed E-state index contributed by atoms with van der Waals surface area (Å²) in [5, 5.41) is 3.29. The number of esters is 1. The summed E-state index contributed by atoms with van der Waals surface area (Å²) in [6.07, 6.45) is 6.01. The molecule has 0 bridgehead atoms.